The van der Waals surface area contributed by atoms with Gasteiger partial charge in [-0.3, -0.25) is 0 Å². The van der Waals surface area contributed by atoms with Crippen LogP contribution in [-0.4, -0.2) is 6.29 Å². The van der Waals surface area contributed by atoms with Crippen LogP contribution >= 0.6 is 0 Å². The molecule has 3 unspecified atom stereocenters. The fourth-order valence-corrected chi connectivity index (χ4v) is 4.38. The number of hydrogen-bond donors (Lipinski definition) is 0. The maximum atomic E-state index is 10.8. The highest BCUT2D eigenvalue weighted by Crippen LogP contribution is 2.38. The first-order chi connectivity index (χ1) is 9.20. The summed E-state index contributed by atoms with van der Waals surface area (Å²) < 4.78 is 0. The molecule has 2 rings (SSSR count). The summed E-state index contributed by atoms with van der Waals surface area (Å²) in [5.74, 6) is 4.19. The summed E-state index contributed by atoms with van der Waals surface area (Å²) in [6.45, 7) is 4.92. The van der Waals surface area contributed by atoms with Crippen LogP contribution in [0.25, 0.3) is 0 Å². The molecule has 0 aromatic rings. The molecule has 2 aliphatic carbocycles. The first-order valence-corrected chi connectivity index (χ1v) is 8.66. The molecule has 110 valence electrons. The van der Waals surface area contributed by atoms with Crippen molar-refractivity contribution in [2.24, 2.45) is 29.6 Å². The summed E-state index contributed by atoms with van der Waals surface area (Å²) in [7, 11) is 0. The summed E-state index contributed by atoms with van der Waals surface area (Å²) in [5, 5.41) is 0. The molecule has 0 bridgehead atoms. The Balaban J connectivity index is 1.62. The summed E-state index contributed by atoms with van der Waals surface area (Å²) in [6.07, 6.45) is 14.8. The molecule has 0 saturated heterocycles. The minimum absolute atomic E-state index is 0.385. The van der Waals surface area contributed by atoms with Crippen molar-refractivity contribution in [1.29, 1.82) is 0 Å². The number of hydrogen-bond acceptors (Lipinski definition) is 1. The van der Waals surface area contributed by atoms with Crippen molar-refractivity contribution in [3.63, 3.8) is 0 Å². The molecule has 3 atom stereocenters. The van der Waals surface area contributed by atoms with Crippen LogP contribution in [0.1, 0.15) is 78.1 Å². The molecule has 0 heterocycles. The molecule has 2 aliphatic rings. The number of rotatable bonds is 5. The fraction of sp³-hybridized carbons (Fsp3) is 0.944. The van der Waals surface area contributed by atoms with E-state index >= 15 is 0 Å². The van der Waals surface area contributed by atoms with Crippen molar-refractivity contribution < 1.29 is 4.79 Å². The SMILES string of the molecule is CC1CCCC(CCCC2CCC(C=O)CC2)C1C. The van der Waals surface area contributed by atoms with Gasteiger partial charge >= 0.3 is 0 Å². The monoisotopic (exact) mass is 264 g/mol. The van der Waals surface area contributed by atoms with Gasteiger partial charge in [-0.2, -0.15) is 0 Å². The van der Waals surface area contributed by atoms with Crippen molar-refractivity contribution in [2.75, 3.05) is 0 Å². The summed E-state index contributed by atoms with van der Waals surface area (Å²) >= 11 is 0. The van der Waals surface area contributed by atoms with Crippen LogP contribution in [0.5, 0.6) is 0 Å². The second kappa shape index (κ2) is 7.45. The fourth-order valence-electron chi connectivity index (χ4n) is 4.38. The van der Waals surface area contributed by atoms with E-state index in [9.17, 15) is 4.79 Å². The Morgan fingerprint density at radius 2 is 1.68 bits per heavy atom. The van der Waals surface area contributed by atoms with Gasteiger partial charge in [0.05, 0.1) is 0 Å². The van der Waals surface area contributed by atoms with E-state index in [1.54, 1.807) is 0 Å². The van der Waals surface area contributed by atoms with Gasteiger partial charge in [0.15, 0.2) is 0 Å². The number of carbonyl (C=O) groups excluding carboxylic acids is 1. The van der Waals surface area contributed by atoms with Gasteiger partial charge in [-0.05, 0) is 49.4 Å². The third kappa shape index (κ3) is 4.33. The average Bonchev–Trinajstić information content (AvgIpc) is 2.44. The van der Waals surface area contributed by atoms with Gasteiger partial charge in [0.1, 0.15) is 6.29 Å². The van der Waals surface area contributed by atoms with E-state index < -0.39 is 0 Å². The summed E-state index contributed by atoms with van der Waals surface area (Å²) in [6, 6.07) is 0. The zero-order chi connectivity index (χ0) is 13.7. The van der Waals surface area contributed by atoms with Crippen LogP contribution in [0.2, 0.25) is 0 Å². The van der Waals surface area contributed by atoms with Crippen LogP contribution < -0.4 is 0 Å². The molecule has 0 amide bonds. The number of aldehydes is 1. The molecule has 0 spiro atoms. The van der Waals surface area contributed by atoms with Crippen LogP contribution in [0.3, 0.4) is 0 Å². The Labute approximate surface area is 119 Å². The third-order valence-electron chi connectivity index (χ3n) is 6.15. The Morgan fingerprint density at radius 3 is 2.37 bits per heavy atom. The van der Waals surface area contributed by atoms with E-state index in [4.69, 9.17) is 0 Å². The van der Waals surface area contributed by atoms with E-state index in [0.717, 1.165) is 36.5 Å². The van der Waals surface area contributed by atoms with Crippen LogP contribution in [0.4, 0.5) is 0 Å². The first-order valence-electron chi connectivity index (χ1n) is 8.66. The highest BCUT2D eigenvalue weighted by Gasteiger charge is 2.27. The largest absolute Gasteiger partial charge is 0.303 e. The normalized spacial score (nSPS) is 40.0. The van der Waals surface area contributed by atoms with Gasteiger partial charge in [0.2, 0.25) is 0 Å². The molecule has 0 N–H and O–H groups in total. The van der Waals surface area contributed by atoms with Gasteiger partial charge in [0, 0.05) is 5.92 Å². The quantitative estimate of drug-likeness (QED) is 0.621. The highest BCUT2D eigenvalue weighted by molar-refractivity contribution is 5.53. The Kier molecular flexibility index (Phi) is 5.91. The van der Waals surface area contributed by atoms with Gasteiger partial charge in [-0.25, -0.2) is 0 Å². The van der Waals surface area contributed by atoms with E-state index in [0.29, 0.717) is 5.92 Å². The number of carbonyl (C=O) groups is 1. The first kappa shape index (κ1) is 15.1. The standard InChI is InChI=1S/C18H32O/c1-14-5-3-7-18(15(14)2)8-4-6-16-9-11-17(13-19)12-10-16/h13-18H,3-12H2,1-2H3. The van der Waals surface area contributed by atoms with E-state index in [-0.39, 0.29) is 0 Å². The summed E-state index contributed by atoms with van der Waals surface area (Å²) in [5.41, 5.74) is 0. The van der Waals surface area contributed by atoms with Crippen LogP contribution in [-0.2, 0) is 4.79 Å². The molecular weight excluding hydrogens is 232 g/mol. The smallest absolute Gasteiger partial charge is 0.123 e. The highest BCUT2D eigenvalue weighted by atomic mass is 16.1. The molecule has 2 fully saturated rings. The second-order valence-electron chi connectivity index (χ2n) is 7.38. The third-order valence-corrected chi connectivity index (χ3v) is 6.15. The minimum Gasteiger partial charge on any atom is -0.303 e. The lowest BCUT2D eigenvalue weighted by molar-refractivity contribution is -0.112. The van der Waals surface area contributed by atoms with Crippen molar-refractivity contribution in [1.82, 2.24) is 0 Å². The molecular formula is C18H32O. The van der Waals surface area contributed by atoms with E-state index in [1.807, 2.05) is 0 Å². The van der Waals surface area contributed by atoms with Gasteiger partial charge in [-0.1, -0.05) is 52.4 Å². The van der Waals surface area contributed by atoms with Crippen LogP contribution in [0, 0.1) is 29.6 Å². The van der Waals surface area contributed by atoms with Gasteiger partial charge in [0.25, 0.3) is 0 Å². The topological polar surface area (TPSA) is 17.1 Å². The Morgan fingerprint density at radius 1 is 0.947 bits per heavy atom. The second-order valence-corrected chi connectivity index (χ2v) is 7.38. The zero-order valence-corrected chi connectivity index (χ0v) is 12.9. The Bertz CT molecular complexity index is 265. The predicted molar refractivity (Wildman–Crippen MR) is 81.0 cm³/mol. The van der Waals surface area contributed by atoms with Crippen molar-refractivity contribution >= 4 is 6.29 Å². The van der Waals surface area contributed by atoms with Crippen molar-refractivity contribution in [3.8, 4) is 0 Å². The van der Waals surface area contributed by atoms with E-state index in [2.05, 4.69) is 13.8 Å². The van der Waals surface area contributed by atoms with E-state index in [1.165, 1.54) is 57.7 Å². The predicted octanol–water partition coefficient (Wildman–Crippen LogP) is 5.23. The maximum Gasteiger partial charge on any atom is 0.123 e. The lowest BCUT2D eigenvalue weighted by atomic mass is 9.71. The molecule has 1 nitrogen and oxygen atoms in total. The van der Waals surface area contributed by atoms with Gasteiger partial charge in [-0.15, -0.1) is 0 Å². The average molecular weight is 264 g/mol. The molecule has 0 radical (unpaired) electrons. The molecule has 19 heavy (non-hydrogen) atoms. The Hall–Kier alpha value is -0.330. The summed E-state index contributed by atoms with van der Waals surface area (Å²) in [4.78, 5) is 10.8. The molecule has 0 aromatic carbocycles. The lowest BCUT2D eigenvalue weighted by Crippen LogP contribution is -2.24. The van der Waals surface area contributed by atoms with Crippen molar-refractivity contribution in [2.45, 2.75) is 78.1 Å². The van der Waals surface area contributed by atoms with Gasteiger partial charge < -0.3 is 4.79 Å². The molecule has 0 aromatic heterocycles. The van der Waals surface area contributed by atoms with Crippen molar-refractivity contribution in [3.05, 3.63) is 0 Å². The lowest BCUT2D eigenvalue weighted by Gasteiger charge is -2.34. The maximum absolute atomic E-state index is 10.8. The molecule has 1 heteroatoms. The molecule has 0 aliphatic heterocycles. The molecule has 2 saturated carbocycles. The van der Waals surface area contributed by atoms with Crippen LogP contribution in [0.15, 0.2) is 0 Å². The minimum atomic E-state index is 0.385. The zero-order valence-electron chi connectivity index (χ0n) is 12.9.